The molecule has 0 saturated carbocycles. The summed E-state index contributed by atoms with van der Waals surface area (Å²) in [6.45, 7) is 4.84. The Kier molecular flexibility index (Phi) is 4.74. The van der Waals surface area contributed by atoms with Crippen LogP contribution in [-0.4, -0.2) is 55.4 Å². The molecule has 1 aliphatic heterocycles. The highest BCUT2D eigenvalue weighted by atomic mass is 32.2. The molecule has 0 aromatic carbocycles. The fraction of sp³-hybridized carbons (Fsp3) is 0.909. The van der Waals surface area contributed by atoms with Crippen molar-refractivity contribution >= 4 is 15.7 Å². The monoisotopic (exact) mass is 277 g/mol. The highest BCUT2D eigenvalue weighted by Gasteiger charge is 2.29. The molecule has 0 aliphatic carbocycles. The topological polar surface area (TPSA) is 106 Å². The zero-order valence-electron chi connectivity index (χ0n) is 11.1. The minimum absolute atomic E-state index is 0.0290. The number of amides is 1. The van der Waals surface area contributed by atoms with E-state index in [2.05, 4.69) is 4.90 Å². The van der Waals surface area contributed by atoms with Crippen LogP contribution in [0.25, 0.3) is 0 Å². The van der Waals surface area contributed by atoms with E-state index in [0.717, 1.165) is 13.0 Å². The SMILES string of the molecule is CC1CS(=O)(=O)CCN1CCCC(C)(N)C(N)=O. The lowest BCUT2D eigenvalue weighted by atomic mass is 9.96. The Bertz CT molecular complexity index is 406. The van der Waals surface area contributed by atoms with Gasteiger partial charge in [-0.3, -0.25) is 9.69 Å². The summed E-state index contributed by atoms with van der Waals surface area (Å²) in [5.41, 5.74) is 9.98. The van der Waals surface area contributed by atoms with Gasteiger partial charge in [0, 0.05) is 12.6 Å². The Morgan fingerprint density at radius 3 is 2.61 bits per heavy atom. The van der Waals surface area contributed by atoms with E-state index in [4.69, 9.17) is 11.5 Å². The van der Waals surface area contributed by atoms with Gasteiger partial charge in [0.1, 0.15) is 0 Å². The predicted octanol–water partition coefficient (Wildman–Crippen LogP) is -0.912. The molecule has 0 spiro atoms. The Labute approximate surface area is 109 Å². The Balaban J connectivity index is 2.39. The molecule has 1 fully saturated rings. The third-order valence-corrected chi connectivity index (χ3v) is 5.31. The molecule has 7 heteroatoms. The van der Waals surface area contributed by atoms with Crippen LogP contribution in [-0.2, 0) is 14.6 Å². The van der Waals surface area contributed by atoms with Crippen LogP contribution in [0, 0.1) is 0 Å². The first-order chi connectivity index (χ1) is 8.14. The highest BCUT2D eigenvalue weighted by Crippen LogP contribution is 2.14. The summed E-state index contributed by atoms with van der Waals surface area (Å²) in [4.78, 5) is 13.2. The Hall–Kier alpha value is -0.660. The van der Waals surface area contributed by atoms with Gasteiger partial charge in [0.25, 0.3) is 0 Å². The average Bonchev–Trinajstić information content (AvgIpc) is 2.20. The van der Waals surface area contributed by atoms with E-state index in [1.807, 2.05) is 6.92 Å². The maximum Gasteiger partial charge on any atom is 0.237 e. The summed E-state index contributed by atoms with van der Waals surface area (Å²) in [7, 11) is -2.87. The molecule has 0 aromatic rings. The van der Waals surface area contributed by atoms with E-state index < -0.39 is 21.3 Å². The minimum atomic E-state index is -2.87. The zero-order valence-corrected chi connectivity index (χ0v) is 11.9. The van der Waals surface area contributed by atoms with Gasteiger partial charge in [-0.15, -0.1) is 0 Å². The van der Waals surface area contributed by atoms with E-state index in [1.165, 1.54) is 0 Å². The van der Waals surface area contributed by atoms with Crippen molar-refractivity contribution in [3.63, 3.8) is 0 Å². The van der Waals surface area contributed by atoms with Crippen molar-refractivity contribution in [2.24, 2.45) is 11.5 Å². The smallest absolute Gasteiger partial charge is 0.237 e. The second-order valence-electron chi connectivity index (χ2n) is 5.38. The van der Waals surface area contributed by atoms with Crippen LogP contribution in [0.5, 0.6) is 0 Å². The first kappa shape index (κ1) is 15.4. The fourth-order valence-corrected chi connectivity index (χ4v) is 3.76. The molecule has 0 radical (unpaired) electrons. The molecule has 2 unspecified atom stereocenters. The maximum absolute atomic E-state index is 11.4. The van der Waals surface area contributed by atoms with Gasteiger partial charge in [-0.1, -0.05) is 0 Å². The van der Waals surface area contributed by atoms with Crippen molar-refractivity contribution in [1.82, 2.24) is 4.90 Å². The van der Waals surface area contributed by atoms with E-state index in [9.17, 15) is 13.2 Å². The van der Waals surface area contributed by atoms with Crippen LogP contribution in [0.4, 0.5) is 0 Å². The van der Waals surface area contributed by atoms with Crippen LogP contribution in [0.1, 0.15) is 26.7 Å². The van der Waals surface area contributed by atoms with Crippen molar-refractivity contribution in [3.05, 3.63) is 0 Å². The molecule has 18 heavy (non-hydrogen) atoms. The van der Waals surface area contributed by atoms with Crippen LogP contribution in [0.2, 0.25) is 0 Å². The van der Waals surface area contributed by atoms with E-state index in [-0.39, 0.29) is 17.5 Å². The summed E-state index contributed by atoms with van der Waals surface area (Å²) in [5.74, 6) is -0.0766. The number of primary amides is 1. The van der Waals surface area contributed by atoms with Gasteiger partial charge in [0.15, 0.2) is 9.84 Å². The number of carbonyl (C=O) groups is 1. The molecule has 1 aliphatic rings. The molecule has 0 aromatic heterocycles. The molecular formula is C11H23N3O3S. The minimum Gasteiger partial charge on any atom is -0.368 e. The summed E-state index contributed by atoms with van der Waals surface area (Å²) < 4.78 is 22.8. The molecule has 0 bridgehead atoms. The van der Waals surface area contributed by atoms with Crippen molar-refractivity contribution < 1.29 is 13.2 Å². The summed E-state index contributed by atoms with van der Waals surface area (Å²) >= 11 is 0. The molecule has 2 atom stereocenters. The second-order valence-corrected chi connectivity index (χ2v) is 7.61. The first-order valence-electron chi connectivity index (χ1n) is 6.17. The van der Waals surface area contributed by atoms with Crippen molar-refractivity contribution in [2.75, 3.05) is 24.6 Å². The lowest BCUT2D eigenvalue weighted by molar-refractivity contribution is -0.122. The standard InChI is InChI=1S/C11H23N3O3S/c1-9-8-18(16,17)7-6-14(9)5-3-4-11(2,13)10(12)15/h9H,3-8,13H2,1-2H3,(H2,12,15). The molecule has 6 nitrogen and oxygen atoms in total. The Morgan fingerprint density at radius 1 is 1.50 bits per heavy atom. The highest BCUT2D eigenvalue weighted by molar-refractivity contribution is 7.91. The van der Waals surface area contributed by atoms with E-state index in [1.54, 1.807) is 6.92 Å². The van der Waals surface area contributed by atoms with Gasteiger partial charge in [-0.25, -0.2) is 8.42 Å². The number of hydrogen-bond acceptors (Lipinski definition) is 5. The molecule has 1 saturated heterocycles. The van der Waals surface area contributed by atoms with Crippen molar-refractivity contribution in [3.8, 4) is 0 Å². The van der Waals surface area contributed by atoms with Gasteiger partial charge in [-0.05, 0) is 33.2 Å². The molecule has 1 rings (SSSR count). The first-order valence-corrected chi connectivity index (χ1v) is 7.99. The van der Waals surface area contributed by atoms with E-state index in [0.29, 0.717) is 13.0 Å². The fourth-order valence-electron chi connectivity index (χ4n) is 2.14. The second kappa shape index (κ2) is 5.54. The summed E-state index contributed by atoms with van der Waals surface area (Å²) in [6.07, 6.45) is 1.25. The lowest BCUT2D eigenvalue weighted by Gasteiger charge is -2.33. The van der Waals surface area contributed by atoms with Crippen molar-refractivity contribution in [1.29, 1.82) is 0 Å². The number of sulfone groups is 1. The molecular weight excluding hydrogens is 254 g/mol. The maximum atomic E-state index is 11.4. The average molecular weight is 277 g/mol. The van der Waals surface area contributed by atoms with Crippen LogP contribution in [0.15, 0.2) is 0 Å². The number of nitrogens with two attached hydrogens (primary N) is 2. The van der Waals surface area contributed by atoms with Gasteiger partial charge in [0.2, 0.25) is 5.91 Å². The zero-order chi connectivity index (χ0) is 14.0. The summed E-state index contributed by atoms with van der Waals surface area (Å²) in [5, 5.41) is 0. The Morgan fingerprint density at radius 2 is 2.11 bits per heavy atom. The van der Waals surface area contributed by atoms with Crippen LogP contribution >= 0.6 is 0 Å². The number of carbonyl (C=O) groups excluding carboxylic acids is 1. The lowest BCUT2D eigenvalue weighted by Crippen LogP contribution is -2.50. The normalized spacial score (nSPS) is 27.6. The van der Waals surface area contributed by atoms with Gasteiger partial charge in [0.05, 0.1) is 17.0 Å². The van der Waals surface area contributed by atoms with Gasteiger partial charge >= 0.3 is 0 Å². The third-order valence-electron chi connectivity index (χ3n) is 3.51. The van der Waals surface area contributed by atoms with Crippen LogP contribution in [0.3, 0.4) is 0 Å². The number of nitrogens with zero attached hydrogens (tertiary/aromatic N) is 1. The molecule has 1 amide bonds. The number of hydrogen-bond donors (Lipinski definition) is 2. The number of rotatable bonds is 5. The van der Waals surface area contributed by atoms with Crippen LogP contribution < -0.4 is 11.5 Å². The quantitative estimate of drug-likeness (QED) is 0.676. The molecule has 106 valence electrons. The largest absolute Gasteiger partial charge is 0.368 e. The molecule has 4 N–H and O–H groups in total. The van der Waals surface area contributed by atoms with Gasteiger partial charge < -0.3 is 11.5 Å². The predicted molar refractivity (Wildman–Crippen MR) is 70.7 cm³/mol. The van der Waals surface area contributed by atoms with Gasteiger partial charge in [-0.2, -0.15) is 0 Å². The van der Waals surface area contributed by atoms with E-state index >= 15 is 0 Å². The molecule has 1 heterocycles. The summed E-state index contributed by atoms with van der Waals surface area (Å²) in [6, 6.07) is 0.0290. The third kappa shape index (κ3) is 4.22. The van der Waals surface area contributed by atoms with Crippen molar-refractivity contribution in [2.45, 2.75) is 38.3 Å².